The van der Waals surface area contributed by atoms with E-state index in [9.17, 15) is 0 Å². The maximum Gasteiger partial charge on any atom is 0.0159 e. The highest BCUT2D eigenvalue weighted by Gasteiger charge is 2.38. The van der Waals surface area contributed by atoms with Crippen molar-refractivity contribution in [2.24, 2.45) is 0 Å². The Bertz CT molecular complexity index is 2930. The fourth-order valence-electron chi connectivity index (χ4n) is 10.9. The Morgan fingerprint density at radius 2 is 0.510 bits per heavy atom. The van der Waals surface area contributed by atoms with Crippen LogP contribution in [0.5, 0.6) is 0 Å². The molecule has 242 valence electrons. The Balaban J connectivity index is 1.04. The zero-order valence-corrected chi connectivity index (χ0v) is 30.0. The highest BCUT2D eigenvalue weighted by atomic mass is 14.4. The van der Waals surface area contributed by atoms with Crippen molar-refractivity contribution < 1.29 is 0 Å². The Kier molecular flexibility index (Phi) is 4.82. The molecule has 3 aliphatic rings. The van der Waals surface area contributed by atoms with Crippen molar-refractivity contribution in [3.8, 4) is 22.3 Å². The zero-order chi connectivity index (χ0) is 34.3. The van der Waals surface area contributed by atoms with Gasteiger partial charge in [-0.1, -0.05) is 114 Å². The molecule has 0 saturated heterocycles. The molecule has 0 nitrogen and oxygen atoms in total. The van der Waals surface area contributed by atoms with Crippen LogP contribution < -0.4 is 0 Å². The summed E-state index contributed by atoms with van der Waals surface area (Å²) in [5.74, 6) is 0. The van der Waals surface area contributed by atoms with Crippen molar-refractivity contribution >= 4 is 64.6 Å². The quantitative estimate of drug-likeness (QED) is 0.163. The molecule has 51 heavy (non-hydrogen) atoms. The first-order valence-electron chi connectivity index (χ1n) is 18.6. The first kappa shape index (κ1) is 28.3. The average Bonchev–Trinajstić information content (AvgIpc) is 3.63. The molecule has 0 radical (unpaired) electrons. The maximum atomic E-state index is 2.52. The molecule has 0 N–H and O–H groups in total. The number of hydrogen-bond donors (Lipinski definition) is 0. The van der Waals surface area contributed by atoms with Crippen molar-refractivity contribution in [1.29, 1.82) is 0 Å². The fraction of sp³-hybridized carbons (Fsp3) is 0.176. The fourth-order valence-corrected chi connectivity index (χ4v) is 10.9. The van der Waals surface area contributed by atoms with Gasteiger partial charge in [0.1, 0.15) is 0 Å². The van der Waals surface area contributed by atoms with Crippen molar-refractivity contribution in [3.63, 3.8) is 0 Å². The Morgan fingerprint density at radius 3 is 0.824 bits per heavy atom. The second-order valence-electron chi connectivity index (χ2n) is 17.4. The van der Waals surface area contributed by atoms with Crippen LogP contribution in [0.1, 0.15) is 74.9 Å². The van der Waals surface area contributed by atoms with Crippen LogP contribution in [-0.2, 0) is 16.2 Å². The Hall–Kier alpha value is -5.46. The van der Waals surface area contributed by atoms with Gasteiger partial charge in [-0.25, -0.2) is 0 Å². The van der Waals surface area contributed by atoms with Gasteiger partial charge in [0.05, 0.1) is 0 Å². The molecule has 0 bridgehead atoms. The van der Waals surface area contributed by atoms with Gasteiger partial charge in [-0.2, -0.15) is 0 Å². The van der Waals surface area contributed by atoms with Gasteiger partial charge in [0.25, 0.3) is 0 Å². The molecule has 12 rings (SSSR count). The molecule has 0 saturated carbocycles. The van der Waals surface area contributed by atoms with Gasteiger partial charge >= 0.3 is 0 Å². The molecule has 0 aliphatic heterocycles. The summed E-state index contributed by atoms with van der Waals surface area (Å²) in [6.07, 6.45) is 0. The number of benzene rings is 9. The smallest absolute Gasteiger partial charge is 0.0159 e. The van der Waals surface area contributed by atoms with E-state index in [-0.39, 0.29) is 16.2 Å². The minimum absolute atomic E-state index is 0.0325. The maximum absolute atomic E-state index is 2.52. The molecule has 3 aliphatic carbocycles. The second-order valence-corrected chi connectivity index (χ2v) is 17.4. The predicted octanol–water partition coefficient (Wildman–Crippen LogP) is 13.9. The molecular formula is C51H38. The van der Waals surface area contributed by atoms with Crippen LogP contribution in [-0.4, -0.2) is 0 Å². The molecule has 0 heterocycles. The van der Waals surface area contributed by atoms with Crippen LogP contribution >= 0.6 is 0 Å². The minimum Gasteiger partial charge on any atom is -0.0613 e. The van der Waals surface area contributed by atoms with Gasteiger partial charge in [0.15, 0.2) is 0 Å². The average molecular weight is 651 g/mol. The normalized spacial score (nSPS) is 16.9. The van der Waals surface area contributed by atoms with E-state index in [0.29, 0.717) is 0 Å². The molecule has 0 heteroatoms. The van der Waals surface area contributed by atoms with Crippen molar-refractivity contribution in [3.05, 3.63) is 155 Å². The summed E-state index contributed by atoms with van der Waals surface area (Å²) < 4.78 is 0. The highest BCUT2D eigenvalue weighted by molar-refractivity contribution is 6.19. The van der Waals surface area contributed by atoms with Crippen molar-refractivity contribution in [2.45, 2.75) is 57.8 Å². The summed E-state index contributed by atoms with van der Waals surface area (Å²) in [5, 5.41) is 16.7. The van der Waals surface area contributed by atoms with Gasteiger partial charge in [0, 0.05) is 16.2 Å². The first-order chi connectivity index (χ1) is 24.5. The third kappa shape index (κ3) is 3.25. The highest BCUT2D eigenvalue weighted by Crippen LogP contribution is 2.55. The molecule has 0 aromatic heterocycles. The van der Waals surface area contributed by atoms with Crippen LogP contribution in [0.2, 0.25) is 0 Å². The molecule has 9 aromatic carbocycles. The van der Waals surface area contributed by atoms with Crippen LogP contribution in [0, 0.1) is 0 Å². The second kappa shape index (κ2) is 8.70. The van der Waals surface area contributed by atoms with Gasteiger partial charge in [-0.15, -0.1) is 0 Å². The molecular weight excluding hydrogens is 613 g/mol. The lowest BCUT2D eigenvalue weighted by atomic mass is 9.78. The van der Waals surface area contributed by atoms with E-state index in [1.54, 1.807) is 0 Å². The van der Waals surface area contributed by atoms with E-state index in [0.717, 1.165) is 0 Å². The Morgan fingerprint density at radius 1 is 0.255 bits per heavy atom. The molecule has 9 aromatic rings. The third-order valence-corrected chi connectivity index (χ3v) is 13.7. The van der Waals surface area contributed by atoms with Gasteiger partial charge in [-0.05, 0) is 169 Å². The lowest BCUT2D eigenvalue weighted by Crippen LogP contribution is -2.16. The largest absolute Gasteiger partial charge is 0.0613 e. The van der Waals surface area contributed by atoms with Gasteiger partial charge < -0.3 is 0 Å². The summed E-state index contributed by atoms with van der Waals surface area (Å²) in [7, 11) is 0. The number of hydrogen-bond acceptors (Lipinski definition) is 0. The summed E-state index contributed by atoms with van der Waals surface area (Å²) in [5.41, 5.74) is 13.8. The van der Waals surface area contributed by atoms with E-state index in [1.807, 2.05) is 0 Å². The lowest BCUT2D eigenvalue weighted by molar-refractivity contribution is 0.662. The summed E-state index contributed by atoms with van der Waals surface area (Å²) in [6, 6.07) is 47.5. The third-order valence-electron chi connectivity index (χ3n) is 13.7. The van der Waals surface area contributed by atoms with E-state index in [1.165, 1.54) is 120 Å². The SMILES string of the molecule is CC1(C)c2cccc3ccc4cc(-c5cc6c7c(ccc8cc(-c9cc%10c%11c(ccc%12cccc(c%12%11)C%10(C)C)c9)cc(c87)C6(C)C)c5)cc1c4c23. The minimum atomic E-state index is -0.128. The van der Waals surface area contributed by atoms with E-state index in [2.05, 4.69) is 163 Å². The van der Waals surface area contributed by atoms with Crippen LogP contribution in [0.15, 0.2) is 121 Å². The van der Waals surface area contributed by atoms with E-state index < -0.39 is 0 Å². The molecule has 0 unspecified atom stereocenters. The molecule has 0 spiro atoms. The van der Waals surface area contributed by atoms with Gasteiger partial charge in [0.2, 0.25) is 0 Å². The topological polar surface area (TPSA) is 0 Å². The lowest BCUT2D eigenvalue weighted by Gasteiger charge is -2.25. The van der Waals surface area contributed by atoms with Crippen LogP contribution in [0.25, 0.3) is 86.9 Å². The molecule has 0 amide bonds. The molecule has 0 fully saturated rings. The summed E-state index contributed by atoms with van der Waals surface area (Å²) in [4.78, 5) is 0. The van der Waals surface area contributed by atoms with Gasteiger partial charge in [-0.3, -0.25) is 0 Å². The number of rotatable bonds is 2. The van der Waals surface area contributed by atoms with Crippen molar-refractivity contribution in [1.82, 2.24) is 0 Å². The summed E-state index contributed by atoms with van der Waals surface area (Å²) >= 11 is 0. The Labute approximate surface area is 298 Å². The molecule has 0 atom stereocenters. The summed E-state index contributed by atoms with van der Waals surface area (Å²) in [6.45, 7) is 14.5. The first-order valence-corrected chi connectivity index (χ1v) is 18.6. The van der Waals surface area contributed by atoms with Crippen molar-refractivity contribution in [2.75, 3.05) is 0 Å². The standard InChI is InChI=1S/C51H38/c1-49(2)37-11-7-9-27-13-15-29-19-33(23-39(49)45(29)43(27)37)35-21-31-17-18-32-22-36(26-42-48(32)47(31)41(25-35)51(42,5)6)34-20-30-16-14-28-10-8-12-38-44(28)46(30)40(24-34)50(38,3)4/h7-26H,1-6H3. The van der Waals surface area contributed by atoms with Crippen LogP contribution in [0.4, 0.5) is 0 Å². The predicted molar refractivity (Wildman–Crippen MR) is 219 cm³/mol. The zero-order valence-electron chi connectivity index (χ0n) is 30.0. The monoisotopic (exact) mass is 650 g/mol. The van der Waals surface area contributed by atoms with E-state index >= 15 is 0 Å². The van der Waals surface area contributed by atoms with E-state index in [4.69, 9.17) is 0 Å². The van der Waals surface area contributed by atoms with Crippen LogP contribution in [0.3, 0.4) is 0 Å².